The molecule has 0 radical (unpaired) electrons. The molecular formula is C10H17N3O. The first-order chi connectivity index (χ1) is 6.66. The van der Waals surface area contributed by atoms with Gasteiger partial charge in [0.15, 0.2) is 0 Å². The van der Waals surface area contributed by atoms with Crippen LogP contribution in [0, 0.1) is 23.2 Å². The Morgan fingerprint density at radius 3 is 2.43 bits per heavy atom. The minimum absolute atomic E-state index is 0.0102. The van der Waals surface area contributed by atoms with E-state index in [0.717, 1.165) is 26.2 Å². The largest absolute Gasteiger partial charge is 0.339 e. The molecule has 0 saturated carbocycles. The molecule has 1 aliphatic rings. The van der Waals surface area contributed by atoms with Gasteiger partial charge in [-0.2, -0.15) is 5.26 Å². The SMILES string of the molecule is CC(C)C(C#N)C(=O)N1CCNCC1. The van der Waals surface area contributed by atoms with Crippen molar-refractivity contribution in [1.29, 1.82) is 5.26 Å². The maximum Gasteiger partial charge on any atom is 0.240 e. The quantitative estimate of drug-likeness (QED) is 0.685. The average molecular weight is 195 g/mol. The summed E-state index contributed by atoms with van der Waals surface area (Å²) in [7, 11) is 0. The fourth-order valence-corrected chi connectivity index (χ4v) is 1.57. The third kappa shape index (κ3) is 2.46. The molecule has 1 N–H and O–H groups in total. The molecule has 14 heavy (non-hydrogen) atoms. The van der Waals surface area contributed by atoms with Gasteiger partial charge in [-0.25, -0.2) is 0 Å². The molecule has 0 bridgehead atoms. The lowest BCUT2D eigenvalue weighted by Gasteiger charge is -2.29. The van der Waals surface area contributed by atoms with E-state index >= 15 is 0 Å². The topological polar surface area (TPSA) is 56.1 Å². The third-order valence-corrected chi connectivity index (χ3v) is 2.50. The van der Waals surface area contributed by atoms with Crippen LogP contribution < -0.4 is 5.32 Å². The second-order valence-corrected chi connectivity index (χ2v) is 3.93. The molecule has 0 aromatic heterocycles. The van der Waals surface area contributed by atoms with Crippen molar-refractivity contribution < 1.29 is 4.79 Å². The summed E-state index contributed by atoms with van der Waals surface area (Å²) in [5.41, 5.74) is 0. The third-order valence-electron chi connectivity index (χ3n) is 2.50. The van der Waals surface area contributed by atoms with Crippen molar-refractivity contribution in [3.63, 3.8) is 0 Å². The van der Waals surface area contributed by atoms with Gasteiger partial charge in [0.2, 0.25) is 5.91 Å². The Labute approximate surface area is 84.9 Å². The van der Waals surface area contributed by atoms with E-state index in [9.17, 15) is 4.79 Å². The molecule has 1 saturated heterocycles. The minimum Gasteiger partial charge on any atom is -0.339 e. The standard InChI is InChI=1S/C10H17N3O/c1-8(2)9(7-11)10(14)13-5-3-12-4-6-13/h8-9,12H,3-6H2,1-2H3. The summed E-state index contributed by atoms with van der Waals surface area (Å²) >= 11 is 0. The van der Waals surface area contributed by atoms with E-state index in [0.29, 0.717) is 0 Å². The molecule has 1 amide bonds. The first-order valence-electron chi connectivity index (χ1n) is 5.06. The summed E-state index contributed by atoms with van der Waals surface area (Å²) in [6, 6.07) is 2.09. The van der Waals surface area contributed by atoms with Gasteiger partial charge in [-0.05, 0) is 5.92 Å². The molecule has 0 spiro atoms. The highest BCUT2D eigenvalue weighted by molar-refractivity contribution is 5.81. The zero-order valence-corrected chi connectivity index (χ0v) is 8.79. The summed E-state index contributed by atoms with van der Waals surface area (Å²) in [5, 5.41) is 12.1. The predicted octanol–water partition coefficient (Wildman–Crippen LogP) is 0.214. The van der Waals surface area contributed by atoms with Gasteiger partial charge >= 0.3 is 0 Å². The van der Waals surface area contributed by atoms with Crippen molar-refractivity contribution in [1.82, 2.24) is 10.2 Å². The first-order valence-corrected chi connectivity index (χ1v) is 5.06. The summed E-state index contributed by atoms with van der Waals surface area (Å²) < 4.78 is 0. The number of carbonyl (C=O) groups excluding carboxylic acids is 1. The van der Waals surface area contributed by atoms with Crippen LogP contribution in [0.1, 0.15) is 13.8 Å². The van der Waals surface area contributed by atoms with Crippen molar-refractivity contribution in [3.8, 4) is 6.07 Å². The minimum atomic E-state index is -0.479. The second-order valence-electron chi connectivity index (χ2n) is 3.93. The van der Waals surface area contributed by atoms with Crippen molar-refractivity contribution in [2.45, 2.75) is 13.8 Å². The summed E-state index contributed by atoms with van der Waals surface area (Å²) in [4.78, 5) is 13.6. The Morgan fingerprint density at radius 2 is 2.00 bits per heavy atom. The van der Waals surface area contributed by atoms with Gasteiger partial charge in [-0.3, -0.25) is 4.79 Å². The van der Waals surface area contributed by atoms with Gasteiger partial charge in [0.1, 0.15) is 5.92 Å². The van der Waals surface area contributed by atoms with Crippen LogP contribution in [0.5, 0.6) is 0 Å². The normalized spacial score (nSPS) is 19.1. The number of nitrogens with one attached hydrogen (secondary N) is 1. The smallest absolute Gasteiger partial charge is 0.240 e. The van der Waals surface area contributed by atoms with Crippen LogP contribution in [0.15, 0.2) is 0 Å². The number of hydrogen-bond acceptors (Lipinski definition) is 3. The highest BCUT2D eigenvalue weighted by atomic mass is 16.2. The Bertz CT molecular complexity index is 238. The van der Waals surface area contributed by atoms with Crippen LogP contribution in [0.4, 0.5) is 0 Å². The van der Waals surface area contributed by atoms with Crippen molar-refractivity contribution in [2.75, 3.05) is 26.2 Å². The van der Waals surface area contributed by atoms with E-state index in [1.165, 1.54) is 0 Å². The lowest BCUT2D eigenvalue weighted by molar-refractivity contribution is -0.135. The van der Waals surface area contributed by atoms with Gasteiger partial charge in [0, 0.05) is 26.2 Å². The van der Waals surface area contributed by atoms with Gasteiger partial charge in [-0.1, -0.05) is 13.8 Å². The van der Waals surface area contributed by atoms with Crippen LogP contribution in [0.25, 0.3) is 0 Å². The van der Waals surface area contributed by atoms with E-state index in [2.05, 4.69) is 11.4 Å². The molecule has 78 valence electrons. The van der Waals surface area contributed by atoms with Crippen LogP contribution in [-0.4, -0.2) is 37.0 Å². The second kappa shape index (κ2) is 4.97. The van der Waals surface area contributed by atoms with Gasteiger partial charge in [0.25, 0.3) is 0 Å². The molecule has 1 atom stereocenters. The Morgan fingerprint density at radius 1 is 1.43 bits per heavy atom. The summed E-state index contributed by atoms with van der Waals surface area (Å²) in [6.45, 7) is 6.94. The molecule has 1 rings (SSSR count). The maximum atomic E-state index is 11.8. The molecule has 1 unspecified atom stereocenters. The van der Waals surface area contributed by atoms with E-state index in [4.69, 9.17) is 5.26 Å². The zero-order valence-electron chi connectivity index (χ0n) is 8.79. The number of hydrogen-bond donors (Lipinski definition) is 1. The van der Waals surface area contributed by atoms with E-state index in [-0.39, 0.29) is 11.8 Å². The number of nitriles is 1. The monoisotopic (exact) mass is 195 g/mol. The van der Waals surface area contributed by atoms with Crippen LogP contribution in [-0.2, 0) is 4.79 Å². The number of amides is 1. The summed E-state index contributed by atoms with van der Waals surface area (Å²) in [6.07, 6.45) is 0. The van der Waals surface area contributed by atoms with Crippen LogP contribution >= 0.6 is 0 Å². The number of rotatable bonds is 2. The Balaban J connectivity index is 2.58. The zero-order chi connectivity index (χ0) is 10.6. The molecule has 4 nitrogen and oxygen atoms in total. The number of nitrogens with zero attached hydrogens (tertiary/aromatic N) is 2. The molecule has 4 heteroatoms. The number of carbonyl (C=O) groups is 1. The lowest BCUT2D eigenvalue weighted by Crippen LogP contribution is -2.49. The average Bonchev–Trinajstić information content (AvgIpc) is 2.19. The maximum absolute atomic E-state index is 11.8. The van der Waals surface area contributed by atoms with Crippen LogP contribution in [0.2, 0.25) is 0 Å². The number of piperazine rings is 1. The van der Waals surface area contributed by atoms with Gasteiger partial charge in [-0.15, -0.1) is 0 Å². The fourth-order valence-electron chi connectivity index (χ4n) is 1.57. The molecule has 1 fully saturated rings. The summed E-state index contributed by atoms with van der Waals surface area (Å²) in [5.74, 6) is -0.389. The van der Waals surface area contributed by atoms with Gasteiger partial charge in [0.05, 0.1) is 6.07 Å². The Kier molecular flexibility index (Phi) is 3.90. The molecular weight excluding hydrogens is 178 g/mol. The van der Waals surface area contributed by atoms with Crippen molar-refractivity contribution in [2.24, 2.45) is 11.8 Å². The molecule has 1 aliphatic heterocycles. The van der Waals surface area contributed by atoms with E-state index < -0.39 is 5.92 Å². The highest BCUT2D eigenvalue weighted by Crippen LogP contribution is 2.13. The van der Waals surface area contributed by atoms with Crippen molar-refractivity contribution in [3.05, 3.63) is 0 Å². The fraction of sp³-hybridized carbons (Fsp3) is 0.800. The molecule has 0 aliphatic carbocycles. The van der Waals surface area contributed by atoms with E-state index in [1.54, 1.807) is 4.90 Å². The Hall–Kier alpha value is -1.08. The van der Waals surface area contributed by atoms with Crippen molar-refractivity contribution >= 4 is 5.91 Å². The van der Waals surface area contributed by atoms with Crippen LogP contribution in [0.3, 0.4) is 0 Å². The molecule has 1 heterocycles. The molecule has 0 aromatic rings. The van der Waals surface area contributed by atoms with E-state index in [1.807, 2.05) is 13.8 Å². The highest BCUT2D eigenvalue weighted by Gasteiger charge is 2.27. The predicted molar refractivity (Wildman–Crippen MR) is 53.4 cm³/mol. The van der Waals surface area contributed by atoms with Gasteiger partial charge < -0.3 is 10.2 Å². The first kappa shape index (κ1) is 11.0. The lowest BCUT2D eigenvalue weighted by atomic mass is 9.96. The molecule has 0 aromatic carbocycles.